The van der Waals surface area contributed by atoms with Gasteiger partial charge in [-0.3, -0.25) is 9.48 Å². The number of nitrogen functional groups attached to an aromatic ring is 1. The summed E-state index contributed by atoms with van der Waals surface area (Å²) in [6.07, 6.45) is 3.56. The molecule has 1 amide bonds. The monoisotopic (exact) mass is 496 g/mol. The quantitative estimate of drug-likeness (QED) is 0.413. The average Bonchev–Trinajstić information content (AvgIpc) is 3.50. The molecule has 0 aromatic carbocycles. The Bertz CT molecular complexity index is 1380. The zero-order chi connectivity index (χ0) is 26.0. The predicted octanol–water partition coefficient (Wildman–Crippen LogP) is 3.15. The molecule has 1 aliphatic rings. The number of carbonyl (C=O) groups excluding carboxylic acids is 1. The SMILES string of the molecule is C=CC(=O)N1CCC(n2nc(C#Cc3c(F)c(OCC)nc(OCC)c3F)c3c(N)ncc(C)c32)C1. The van der Waals surface area contributed by atoms with Gasteiger partial charge >= 0.3 is 0 Å². The van der Waals surface area contributed by atoms with Crippen molar-refractivity contribution in [2.45, 2.75) is 33.2 Å². The molecule has 1 fully saturated rings. The van der Waals surface area contributed by atoms with E-state index >= 15 is 8.78 Å². The molecule has 9 nitrogen and oxygen atoms in total. The van der Waals surface area contributed by atoms with Crippen LogP contribution in [0, 0.1) is 30.4 Å². The summed E-state index contributed by atoms with van der Waals surface area (Å²) in [6, 6.07) is -0.143. The Kier molecular flexibility index (Phi) is 7.05. The summed E-state index contributed by atoms with van der Waals surface area (Å²) in [5.74, 6) is 2.44. The second-order valence-electron chi connectivity index (χ2n) is 8.12. The van der Waals surface area contributed by atoms with Crippen LogP contribution >= 0.6 is 0 Å². The predicted molar refractivity (Wildman–Crippen MR) is 130 cm³/mol. The van der Waals surface area contributed by atoms with Gasteiger partial charge in [0.05, 0.1) is 30.2 Å². The number of ether oxygens (including phenoxy) is 2. The summed E-state index contributed by atoms with van der Waals surface area (Å²) in [6.45, 7) is 9.93. The average molecular weight is 497 g/mol. The molecule has 1 aliphatic heterocycles. The number of aryl methyl sites for hydroxylation is 1. The summed E-state index contributed by atoms with van der Waals surface area (Å²) in [7, 11) is 0. The Morgan fingerprint density at radius 3 is 2.53 bits per heavy atom. The maximum atomic E-state index is 15.0. The van der Waals surface area contributed by atoms with Gasteiger partial charge in [-0.2, -0.15) is 18.9 Å². The number of nitrogens with two attached hydrogens (primary N) is 1. The van der Waals surface area contributed by atoms with E-state index in [1.165, 1.54) is 6.08 Å². The Balaban J connectivity index is 1.85. The van der Waals surface area contributed by atoms with Crippen molar-refractivity contribution in [3.05, 3.63) is 47.3 Å². The van der Waals surface area contributed by atoms with Gasteiger partial charge in [0.25, 0.3) is 11.8 Å². The maximum absolute atomic E-state index is 15.0. The second-order valence-corrected chi connectivity index (χ2v) is 8.12. The summed E-state index contributed by atoms with van der Waals surface area (Å²) >= 11 is 0. The van der Waals surface area contributed by atoms with Crippen LogP contribution in [0.5, 0.6) is 11.8 Å². The molecule has 1 saturated heterocycles. The molecule has 1 unspecified atom stereocenters. The molecule has 0 radical (unpaired) electrons. The molecule has 11 heteroatoms. The number of anilines is 1. The van der Waals surface area contributed by atoms with E-state index in [1.807, 2.05) is 6.92 Å². The molecule has 3 aromatic rings. The minimum absolute atomic E-state index is 0.122. The molecule has 2 N–H and O–H groups in total. The van der Waals surface area contributed by atoms with Crippen LogP contribution < -0.4 is 15.2 Å². The van der Waals surface area contributed by atoms with E-state index in [0.29, 0.717) is 30.4 Å². The van der Waals surface area contributed by atoms with Crippen LogP contribution in [0.15, 0.2) is 18.9 Å². The van der Waals surface area contributed by atoms with Gasteiger partial charge in [-0.05, 0) is 44.8 Å². The minimum Gasteiger partial charge on any atom is -0.476 e. The van der Waals surface area contributed by atoms with E-state index < -0.39 is 29.0 Å². The zero-order valence-corrected chi connectivity index (χ0v) is 20.3. The van der Waals surface area contributed by atoms with E-state index in [2.05, 4.69) is 33.5 Å². The molecule has 4 rings (SSSR count). The lowest BCUT2D eigenvalue weighted by Crippen LogP contribution is -2.27. The number of fused-ring (bicyclic) bond motifs is 1. The van der Waals surface area contributed by atoms with Crippen LogP contribution in [0.3, 0.4) is 0 Å². The number of pyridine rings is 2. The highest BCUT2D eigenvalue weighted by Crippen LogP contribution is 2.32. The van der Waals surface area contributed by atoms with Gasteiger partial charge in [-0.25, -0.2) is 4.98 Å². The van der Waals surface area contributed by atoms with E-state index in [9.17, 15) is 4.79 Å². The van der Waals surface area contributed by atoms with Gasteiger partial charge in [0, 0.05) is 19.3 Å². The first-order valence-corrected chi connectivity index (χ1v) is 11.5. The number of likely N-dealkylation sites (tertiary alicyclic amines) is 1. The van der Waals surface area contributed by atoms with Crippen molar-refractivity contribution in [1.82, 2.24) is 24.6 Å². The van der Waals surface area contributed by atoms with Crippen molar-refractivity contribution >= 4 is 22.6 Å². The van der Waals surface area contributed by atoms with Gasteiger partial charge < -0.3 is 20.1 Å². The van der Waals surface area contributed by atoms with Crippen molar-refractivity contribution in [1.29, 1.82) is 0 Å². The Morgan fingerprint density at radius 2 is 1.92 bits per heavy atom. The second kappa shape index (κ2) is 10.2. The fraction of sp³-hybridized carbons (Fsp3) is 0.360. The van der Waals surface area contributed by atoms with Crippen LogP contribution in [0.1, 0.15) is 43.1 Å². The molecule has 3 aromatic heterocycles. The first-order chi connectivity index (χ1) is 17.3. The molecular weight excluding hydrogens is 470 g/mol. The van der Waals surface area contributed by atoms with Gasteiger partial charge in [0.2, 0.25) is 17.5 Å². The van der Waals surface area contributed by atoms with Crippen molar-refractivity contribution in [3.8, 4) is 23.6 Å². The molecule has 36 heavy (non-hydrogen) atoms. The summed E-state index contributed by atoms with van der Waals surface area (Å²) in [5.41, 5.74) is 7.33. The van der Waals surface area contributed by atoms with Crippen LogP contribution in [0.25, 0.3) is 10.9 Å². The third kappa shape index (κ3) is 4.42. The lowest BCUT2D eigenvalue weighted by atomic mass is 10.1. The summed E-state index contributed by atoms with van der Waals surface area (Å²) in [5, 5.41) is 5.11. The molecule has 1 atom stereocenters. The lowest BCUT2D eigenvalue weighted by Gasteiger charge is -2.15. The number of halogens is 2. The normalized spacial score (nSPS) is 15.0. The summed E-state index contributed by atoms with van der Waals surface area (Å²) in [4.78, 5) is 21.8. The molecule has 0 spiro atoms. The molecule has 0 aliphatic carbocycles. The van der Waals surface area contributed by atoms with Crippen LogP contribution in [0.4, 0.5) is 14.6 Å². The number of carbonyl (C=O) groups is 1. The molecule has 4 heterocycles. The minimum atomic E-state index is -1.04. The van der Waals surface area contributed by atoms with Gasteiger partial charge in [0.15, 0.2) is 0 Å². The van der Waals surface area contributed by atoms with Gasteiger partial charge in [0.1, 0.15) is 17.1 Å². The highest BCUT2D eigenvalue weighted by atomic mass is 19.1. The number of amides is 1. The lowest BCUT2D eigenvalue weighted by molar-refractivity contribution is -0.125. The molecule has 0 saturated carbocycles. The number of hydrogen-bond donors (Lipinski definition) is 1. The molecular formula is C25H26F2N6O3. The standard InChI is InChI=1S/C25H26F2N6O3/c1-5-18(34)32-11-10-15(13-32)33-22-14(4)12-29-23(28)19(22)17(31-33)9-8-16-20(26)24(35-6-2)30-25(21(16)27)36-7-3/h5,12,15H,1,6-7,10-11,13H2,2-4H3,(H2,28,29). The first kappa shape index (κ1) is 24.9. The largest absolute Gasteiger partial charge is 0.476 e. The smallest absolute Gasteiger partial charge is 0.255 e. The van der Waals surface area contributed by atoms with Crippen LogP contribution in [-0.4, -0.2) is 56.9 Å². The topological polar surface area (TPSA) is 108 Å². The maximum Gasteiger partial charge on any atom is 0.255 e. The van der Waals surface area contributed by atoms with Gasteiger partial charge in [-0.15, -0.1) is 0 Å². The van der Waals surface area contributed by atoms with Crippen LogP contribution in [-0.2, 0) is 4.79 Å². The third-order valence-corrected chi connectivity index (χ3v) is 5.82. The number of nitrogens with zero attached hydrogens (tertiary/aromatic N) is 5. The third-order valence-electron chi connectivity index (χ3n) is 5.82. The van der Waals surface area contributed by atoms with E-state index in [4.69, 9.17) is 15.2 Å². The van der Waals surface area contributed by atoms with E-state index in [1.54, 1.807) is 29.6 Å². The highest BCUT2D eigenvalue weighted by Gasteiger charge is 2.30. The fourth-order valence-electron chi connectivity index (χ4n) is 4.17. The fourth-order valence-corrected chi connectivity index (χ4v) is 4.17. The Morgan fingerprint density at radius 1 is 1.25 bits per heavy atom. The molecule has 0 bridgehead atoms. The van der Waals surface area contributed by atoms with Crippen molar-refractivity contribution in [3.63, 3.8) is 0 Å². The zero-order valence-electron chi connectivity index (χ0n) is 20.3. The summed E-state index contributed by atoms with van der Waals surface area (Å²) < 4.78 is 42.2. The van der Waals surface area contributed by atoms with E-state index in [0.717, 1.165) is 5.56 Å². The van der Waals surface area contributed by atoms with Gasteiger partial charge in [-0.1, -0.05) is 12.5 Å². The number of aromatic nitrogens is 4. The number of rotatable bonds is 6. The van der Waals surface area contributed by atoms with E-state index in [-0.39, 0.29) is 36.7 Å². The van der Waals surface area contributed by atoms with Crippen molar-refractivity contribution in [2.24, 2.45) is 0 Å². The molecule has 188 valence electrons. The van der Waals surface area contributed by atoms with Crippen molar-refractivity contribution < 1.29 is 23.0 Å². The number of hydrogen-bond acceptors (Lipinski definition) is 7. The van der Waals surface area contributed by atoms with Crippen molar-refractivity contribution in [2.75, 3.05) is 32.0 Å². The highest BCUT2D eigenvalue weighted by molar-refractivity contribution is 5.95. The Labute approximate surface area is 206 Å². The van der Waals surface area contributed by atoms with Crippen LogP contribution in [0.2, 0.25) is 0 Å². The first-order valence-electron chi connectivity index (χ1n) is 11.5. The Hall–Kier alpha value is -4.20.